The Labute approximate surface area is 190 Å². The molecule has 0 radical (unpaired) electrons. The van der Waals surface area contributed by atoms with Crippen LogP contribution >= 0.6 is 11.3 Å². The maximum atomic E-state index is 12.1. The minimum Gasteiger partial charge on any atom is -0.493 e. The number of carbonyl (C=O) groups excluding carboxylic acids is 2. The van der Waals surface area contributed by atoms with Gasteiger partial charge in [-0.15, -0.1) is 11.3 Å². The Morgan fingerprint density at radius 1 is 1.00 bits per heavy atom. The average molecular weight is 457 g/mol. The zero-order valence-corrected chi connectivity index (χ0v) is 18.9. The van der Waals surface area contributed by atoms with E-state index >= 15 is 0 Å². The first kappa shape index (κ1) is 23.1. The molecule has 3 rings (SSSR count). The van der Waals surface area contributed by atoms with Gasteiger partial charge in [0.05, 0.1) is 27.0 Å². The fourth-order valence-corrected chi connectivity index (χ4v) is 3.71. The van der Waals surface area contributed by atoms with Gasteiger partial charge < -0.3 is 18.9 Å². The van der Waals surface area contributed by atoms with Crippen molar-refractivity contribution >= 4 is 28.3 Å². The number of ether oxygens (including phenoxy) is 4. The molecule has 0 spiro atoms. The predicted octanol–water partition coefficient (Wildman–Crippen LogP) is 3.95. The van der Waals surface area contributed by atoms with Crippen molar-refractivity contribution in [2.45, 2.75) is 12.8 Å². The monoisotopic (exact) mass is 456 g/mol. The fourth-order valence-electron chi connectivity index (χ4n) is 2.97. The van der Waals surface area contributed by atoms with Crippen molar-refractivity contribution in [2.24, 2.45) is 0 Å². The summed E-state index contributed by atoms with van der Waals surface area (Å²) in [6.07, 6.45) is 0.491. The Hall–Kier alpha value is -3.59. The van der Waals surface area contributed by atoms with Crippen LogP contribution in [0.25, 0.3) is 11.3 Å². The molecule has 0 aliphatic heterocycles. The van der Waals surface area contributed by atoms with Gasteiger partial charge in [-0.25, -0.2) is 4.98 Å². The molecule has 0 saturated heterocycles. The Morgan fingerprint density at radius 2 is 1.69 bits per heavy atom. The van der Waals surface area contributed by atoms with Gasteiger partial charge in [-0.3, -0.25) is 14.9 Å². The molecule has 2 aromatic carbocycles. The maximum absolute atomic E-state index is 12.1. The molecule has 0 atom stereocenters. The first-order valence-electron chi connectivity index (χ1n) is 9.79. The zero-order chi connectivity index (χ0) is 22.9. The Bertz CT molecular complexity index is 1040. The summed E-state index contributed by atoms with van der Waals surface area (Å²) in [6.45, 7) is -0.381. The summed E-state index contributed by atoms with van der Waals surface area (Å²) >= 11 is 1.31. The van der Waals surface area contributed by atoms with Crippen LogP contribution in [-0.4, -0.2) is 44.8 Å². The van der Waals surface area contributed by atoms with E-state index in [-0.39, 0.29) is 13.0 Å². The number of nitrogens with one attached hydrogen (secondary N) is 1. The molecule has 3 aromatic rings. The van der Waals surface area contributed by atoms with Crippen molar-refractivity contribution < 1.29 is 28.5 Å². The minimum absolute atomic E-state index is 0.0985. The third-order valence-electron chi connectivity index (χ3n) is 4.53. The fraction of sp³-hybridized carbons (Fsp3) is 0.261. The van der Waals surface area contributed by atoms with Gasteiger partial charge in [-0.05, 0) is 24.1 Å². The highest BCUT2D eigenvalue weighted by Crippen LogP contribution is 2.38. The van der Waals surface area contributed by atoms with Crippen molar-refractivity contribution in [3.8, 4) is 28.5 Å². The Morgan fingerprint density at radius 3 is 2.31 bits per heavy atom. The van der Waals surface area contributed by atoms with Crippen molar-refractivity contribution in [3.05, 3.63) is 53.4 Å². The van der Waals surface area contributed by atoms with Crippen LogP contribution in [0.5, 0.6) is 17.2 Å². The number of anilines is 1. The van der Waals surface area contributed by atoms with Crippen molar-refractivity contribution in [1.82, 2.24) is 4.98 Å². The van der Waals surface area contributed by atoms with Gasteiger partial charge in [0.2, 0.25) is 5.75 Å². The Kier molecular flexibility index (Phi) is 8.04. The van der Waals surface area contributed by atoms with Crippen LogP contribution in [0.4, 0.5) is 5.13 Å². The molecule has 0 aliphatic rings. The quantitative estimate of drug-likeness (QED) is 0.462. The largest absolute Gasteiger partial charge is 0.493 e. The number of amides is 1. The second-order valence-corrected chi connectivity index (χ2v) is 7.50. The molecule has 32 heavy (non-hydrogen) atoms. The molecular formula is C23H24N2O6S. The molecule has 1 amide bonds. The summed E-state index contributed by atoms with van der Waals surface area (Å²) in [5.41, 5.74) is 2.55. The number of aromatic nitrogens is 1. The predicted molar refractivity (Wildman–Crippen MR) is 122 cm³/mol. The van der Waals surface area contributed by atoms with Gasteiger partial charge in [-0.2, -0.15) is 0 Å². The van der Waals surface area contributed by atoms with Gasteiger partial charge in [0.25, 0.3) is 5.91 Å². The van der Waals surface area contributed by atoms with Gasteiger partial charge in [0.15, 0.2) is 23.2 Å². The standard InChI is InChI=1S/C23H24N2O6S/c1-28-18-11-15(12-19(29-2)22(18)30-3)9-10-21(27)31-13-20(26)25-23-24-17(14-32-23)16-7-5-4-6-8-16/h4-8,11-12,14H,9-10,13H2,1-3H3,(H,24,25,26). The lowest BCUT2D eigenvalue weighted by Crippen LogP contribution is -2.21. The second-order valence-electron chi connectivity index (χ2n) is 6.65. The zero-order valence-electron chi connectivity index (χ0n) is 18.0. The topological polar surface area (TPSA) is 96.0 Å². The number of methoxy groups -OCH3 is 3. The smallest absolute Gasteiger partial charge is 0.306 e. The van der Waals surface area contributed by atoms with Crippen LogP contribution in [-0.2, 0) is 20.7 Å². The molecule has 0 aliphatic carbocycles. The van der Waals surface area contributed by atoms with E-state index in [1.807, 2.05) is 35.7 Å². The second kappa shape index (κ2) is 11.1. The molecule has 0 bridgehead atoms. The molecule has 9 heteroatoms. The highest BCUT2D eigenvalue weighted by atomic mass is 32.1. The molecule has 0 fully saturated rings. The van der Waals surface area contributed by atoms with Crippen LogP contribution < -0.4 is 19.5 Å². The van der Waals surface area contributed by atoms with Gasteiger partial charge in [0.1, 0.15) is 0 Å². The summed E-state index contributed by atoms with van der Waals surface area (Å²) in [4.78, 5) is 28.6. The molecule has 0 unspecified atom stereocenters. The summed E-state index contributed by atoms with van der Waals surface area (Å²) in [5, 5.41) is 4.95. The lowest BCUT2D eigenvalue weighted by Gasteiger charge is -2.14. The lowest BCUT2D eigenvalue weighted by molar-refractivity contribution is -0.147. The Balaban J connectivity index is 1.48. The van der Waals surface area contributed by atoms with Crippen molar-refractivity contribution in [1.29, 1.82) is 0 Å². The van der Waals surface area contributed by atoms with Crippen LogP contribution in [0.2, 0.25) is 0 Å². The molecule has 0 saturated carbocycles. The van der Waals surface area contributed by atoms with Gasteiger partial charge >= 0.3 is 5.97 Å². The van der Waals surface area contributed by atoms with E-state index in [1.54, 1.807) is 12.1 Å². The highest BCUT2D eigenvalue weighted by molar-refractivity contribution is 7.14. The van der Waals surface area contributed by atoms with Gasteiger partial charge in [0, 0.05) is 17.4 Å². The van der Waals surface area contributed by atoms with Crippen molar-refractivity contribution in [3.63, 3.8) is 0 Å². The number of hydrogen-bond acceptors (Lipinski definition) is 8. The normalized spacial score (nSPS) is 10.3. The molecule has 1 heterocycles. The molecular weight excluding hydrogens is 432 g/mol. The van der Waals surface area contributed by atoms with E-state index < -0.39 is 11.9 Å². The van der Waals surface area contributed by atoms with Gasteiger partial charge in [-0.1, -0.05) is 30.3 Å². The van der Waals surface area contributed by atoms with E-state index in [0.29, 0.717) is 28.8 Å². The first-order valence-corrected chi connectivity index (χ1v) is 10.7. The third-order valence-corrected chi connectivity index (χ3v) is 5.28. The minimum atomic E-state index is -0.488. The van der Waals surface area contributed by atoms with Crippen LogP contribution in [0, 0.1) is 0 Å². The number of esters is 1. The third kappa shape index (κ3) is 5.98. The van der Waals surface area contributed by atoms with E-state index in [0.717, 1.165) is 16.8 Å². The first-order chi connectivity index (χ1) is 15.5. The summed E-state index contributed by atoms with van der Waals surface area (Å²) in [6, 6.07) is 13.2. The van der Waals surface area contributed by atoms with E-state index in [1.165, 1.54) is 32.7 Å². The molecule has 168 valence electrons. The number of hydrogen-bond donors (Lipinski definition) is 1. The number of rotatable bonds is 10. The summed E-state index contributed by atoms with van der Waals surface area (Å²) in [5.74, 6) is 0.564. The number of nitrogens with zero attached hydrogens (tertiary/aromatic N) is 1. The van der Waals surface area contributed by atoms with E-state index in [2.05, 4.69) is 10.3 Å². The number of benzene rings is 2. The summed E-state index contributed by atoms with van der Waals surface area (Å²) in [7, 11) is 4.58. The summed E-state index contributed by atoms with van der Waals surface area (Å²) < 4.78 is 21.0. The number of carbonyl (C=O) groups is 2. The molecule has 1 N–H and O–H groups in total. The van der Waals surface area contributed by atoms with Crippen LogP contribution in [0.3, 0.4) is 0 Å². The lowest BCUT2D eigenvalue weighted by atomic mass is 10.1. The highest BCUT2D eigenvalue weighted by Gasteiger charge is 2.15. The van der Waals surface area contributed by atoms with Crippen molar-refractivity contribution in [2.75, 3.05) is 33.3 Å². The average Bonchev–Trinajstić information content (AvgIpc) is 3.29. The number of aryl methyl sites for hydroxylation is 1. The van der Waals surface area contributed by atoms with Crippen LogP contribution in [0.1, 0.15) is 12.0 Å². The van der Waals surface area contributed by atoms with E-state index in [9.17, 15) is 9.59 Å². The van der Waals surface area contributed by atoms with Crippen LogP contribution in [0.15, 0.2) is 47.8 Å². The van der Waals surface area contributed by atoms with E-state index in [4.69, 9.17) is 18.9 Å². The SMILES string of the molecule is COc1cc(CCC(=O)OCC(=O)Nc2nc(-c3ccccc3)cs2)cc(OC)c1OC. The molecule has 8 nitrogen and oxygen atoms in total. The maximum Gasteiger partial charge on any atom is 0.306 e. The molecule has 1 aromatic heterocycles. The number of thiazole rings is 1.